The number of nitriles is 1. The van der Waals surface area contributed by atoms with Crippen molar-refractivity contribution in [2.45, 2.75) is 0 Å². The van der Waals surface area contributed by atoms with Crippen molar-refractivity contribution in [3.63, 3.8) is 0 Å². The van der Waals surface area contributed by atoms with Gasteiger partial charge in [0.2, 0.25) is 0 Å². The lowest BCUT2D eigenvalue weighted by atomic mass is 10.0. The Morgan fingerprint density at radius 1 is 0.750 bits per heavy atom. The molecule has 0 unspecified atom stereocenters. The van der Waals surface area contributed by atoms with Crippen LogP contribution < -0.4 is 0 Å². The Morgan fingerprint density at radius 2 is 1.30 bits per heavy atom. The van der Waals surface area contributed by atoms with E-state index in [0.717, 1.165) is 22.5 Å². The molecule has 2 heterocycles. The summed E-state index contributed by atoms with van der Waals surface area (Å²) in [7, 11) is 0. The van der Waals surface area contributed by atoms with Gasteiger partial charge in [-0.1, -0.05) is 12.1 Å². The first kappa shape index (κ1) is 12.1. The molecule has 3 rings (SSSR count). The normalized spacial score (nSPS) is 9.95. The van der Waals surface area contributed by atoms with Gasteiger partial charge in [-0.15, -0.1) is 0 Å². The molecule has 0 N–H and O–H groups in total. The van der Waals surface area contributed by atoms with Gasteiger partial charge in [-0.05, 0) is 42.5 Å². The molecule has 3 nitrogen and oxygen atoms in total. The second-order valence-electron chi connectivity index (χ2n) is 4.34. The van der Waals surface area contributed by atoms with Crippen LogP contribution in [0, 0.1) is 11.3 Å². The van der Waals surface area contributed by atoms with Gasteiger partial charge in [-0.25, -0.2) is 0 Å². The molecule has 0 aliphatic heterocycles. The highest BCUT2D eigenvalue weighted by atomic mass is 14.7. The minimum absolute atomic E-state index is 0.605. The molecule has 0 fully saturated rings. The van der Waals surface area contributed by atoms with Gasteiger partial charge in [0.15, 0.2) is 0 Å². The largest absolute Gasteiger partial charge is 0.256 e. The second kappa shape index (κ2) is 5.33. The Bertz CT molecular complexity index is 701. The number of benzene rings is 1. The zero-order valence-electron chi connectivity index (χ0n) is 10.7. The van der Waals surface area contributed by atoms with Gasteiger partial charge < -0.3 is 0 Å². The van der Waals surface area contributed by atoms with Crippen LogP contribution in [0.1, 0.15) is 5.56 Å². The fourth-order valence-electron chi connectivity index (χ4n) is 2.05. The van der Waals surface area contributed by atoms with Crippen LogP contribution in [0.3, 0.4) is 0 Å². The lowest BCUT2D eigenvalue weighted by Crippen LogP contribution is -1.88. The van der Waals surface area contributed by atoms with Crippen LogP contribution in [0.5, 0.6) is 0 Å². The Hall–Kier alpha value is -2.99. The summed E-state index contributed by atoms with van der Waals surface area (Å²) in [6, 6.07) is 19.3. The first-order chi connectivity index (χ1) is 9.86. The molecular formula is C17H11N3. The van der Waals surface area contributed by atoms with E-state index in [1.807, 2.05) is 54.6 Å². The average Bonchev–Trinajstić information content (AvgIpc) is 2.56. The summed E-state index contributed by atoms with van der Waals surface area (Å²) < 4.78 is 0. The third-order valence-corrected chi connectivity index (χ3v) is 2.98. The average molecular weight is 257 g/mol. The maximum Gasteiger partial charge on any atom is 0.0992 e. The summed E-state index contributed by atoms with van der Waals surface area (Å²) in [5.41, 5.74) is 4.15. The number of nitrogens with zero attached hydrogens (tertiary/aromatic N) is 3. The van der Waals surface area contributed by atoms with Crippen molar-refractivity contribution in [2.24, 2.45) is 0 Å². The van der Waals surface area contributed by atoms with E-state index in [4.69, 9.17) is 0 Å². The Morgan fingerprint density at radius 3 is 1.70 bits per heavy atom. The maximum atomic E-state index is 9.19. The third kappa shape index (κ3) is 2.40. The highest BCUT2D eigenvalue weighted by molar-refractivity contribution is 5.71. The van der Waals surface area contributed by atoms with Crippen molar-refractivity contribution in [3.8, 4) is 28.6 Å². The molecule has 20 heavy (non-hydrogen) atoms. The Labute approximate surface area is 117 Å². The fourth-order valence-corrected chi connectivity index (χ4v) is 2.05. The molecule has 2 aromatic heterocycles. The minimum atomic E-state index is 0.605. The van der Waals surface area contributed by atoms with E-state index in [2.05, 4.69) is 16.0 Å². The molecule has 0 radical (unpaired) electrons. The summed E-state index contributed by atoms with van der Waals surface area (Å²) in [4.78, 5) is 8.66. The molecule has 0 spiro atoms. The molecule has 0 atom stereocenters. The highest BCUT2D eigenvalue weighted by Crippen LogP contribution is 2.25. The van der Waals surface area contributed by atoms with Gasteiger partial charge >= 0.3 is 0 Å². The molecular weight excluding hydrogens is 246 g/mol. The second-order valence-corrected chi connectivity index (χ2v) is 4.34. The summed E-state index contributed by atoms with van der Waals surface area (Å²) >= 11 is 0. The lowest BCUT2D eigenvalue weighted by molar-refractivity contribution is 1.31. The quantitative estimate of drug-likeness (QED) is 0.703. The van der Waals surface area contributed by atoms with E-state index in [1.54, 1.807) is 12.4 Å². The molecule has 0 aliphatic rings. The number of hydrogen-bond donors (Lipinski definition) is 0. The molecule has 0 bridgehead atoms. The van der Waals surface area contributed by atoms with Crippen molar-refractivity contribution in [2.75, 3.05) is 0 Å². The van der Waals surface area contributed by atoms with E-state index in [0.29, 0.717) is 5.56 Å². The lowest BCUT2D eigenvalue weighted by Gasteiger charge is -2.06. The number of pyridine rings is 2. The van der Waals surface area contributed by atoms with E-state index in [1.165, 1.54) is 0 Å². The Balaban J connectivity index is 2.16. The topological polar surface area (TPSA) is 49.6 Å². The monoisotopic (exact) mass is 257 g/mol. The van der Waals surface area contributed by atoms with E-state index < -0.39 is 0 Å². The van der Waals surface area contributed by atoms with Gasteiger partial charge in [0.05, 0.1) is 23.0 Å². The molecule has 3 aromatic rings. The van der Waals surface area contributed by atoms with E-state index in [9.17, 15) is 5.26 Å². The van der Waals surface area contributed by atoms with Crippen LogP contribution in [0.15, 0.2) is 67.0 Å². The summed E-state index contributed by atoms with van der Waals surface area (Å²) in [5, 5.41) is 9.19. The van der Waals surface area contributed by atoms with Crippen LogP contribution in [0.25, 0.3) is 22.5 Å². The predicted octanol–water partition coefficient (Wildman–Crippen LogP) is 3.68. The summed E-state index contributed by atoms with van der Waals surface area (Å²) in [5.74, 6) is 0. The van der Waals surface area contributed by atoms with Crippen molar-refractivity contribution < 1.29 is 0 Å². The number of aromatic nitrogens is 2. The minimum Gasteiger partial charge on any atom is -0.256 e. The van der Waals surface area contributed by atoms with Gasteiger partial charge in [-0.2, -0.15) is 5.26 Å². The van der Waals surface area contributed by atoms with Gasteiger partial charge in [-0.3, -0.25) is 9.97 Å². The van der Waals surface area contributed by atoms with Crippen LogP contribution in [0.2, 0.25) is 0 Å². The first-order valence-corrected chi connectivity index (χ1v) is 6.25. The molecule has 0 aliphatic carbocycles. The zero-order chi connectivity index (χ0) is 13.8. The number of hydrogen-bond acceptors (Lipinski definition) is 3. The third-order valence-electron chi connectivity index (χ3n) is 2.98. The molecule has 0 amide bonds. The summed E-state index contributed by atoms with van der Waals surface area (Å²) in [6.07, 6.45) is 3.49. The molecule has 3 heteroatoms. The molecule has 1 aromatic carbocycles. The van der Waals surface area contributed by atoms with Gasteiger partial charge in [0, 0.05) is 23.5 Å². The van der Waals surface area contributed by atoms with E-state index >= 15 is 0 Å². The maximum absolute atomic E-state index is 9.19. The summed E-state index contributed by atoms with van der Waals surface area (Å²) in [6.45, 7) is 0. The predicted molar refractivity (Wildman–Crippen MR) is 77.6 cm³/mol. The molecule has 0 saturated heterocycles. The molecule has 0 saturated carbocycles. The standard InChI is InChI=1S/C17H11N3/c18-12-13-9-14(16-5-1-3-7-19-16)11-15(10-13)17-6-2-4-8-20-17/h1-11H. The fraction of sp³-hybridized carbons (Fsp3) is 0. The zero-order valence-corrected chi connectivity index (χ0v) is 10.7. The van der Waals surface area contributed by atoms with Crippen LogP contribution >= 0.6 is 0 Å². The van der Waals surface area contributed by atoms with Crippen molar-refractivity contribution in [3.05, 3.63) is 72.6 Å². The van der Waals surface area contributed by atoms with Gasteiger partial charge in [0.1, 0.15) is 0 Å². The first-order valence-electron chi connectivity index (χ1n) is 6.25. The number of rotatable bonds is 2. The smallest absolute Gasteiger partial charge is 0.0992 e. The SMILES string of the molecule is N#Cc1cc(-c2ccccn2)cc(-c2ccccn2)c1. The van der Waals surface area contributed by atoms with Crippen LogP contribution in [0.4, 0.5) is 0 Å². The van der Waals surface area contributed by atoms with E-state index in [-0.39, 0.29) is 0 Å². The van der Waals surface area contributed by atoms with Crippen molar-refractivity contribution in [1.29, 1.82) is 5.26 Å². The van der Waals surface area contributed by atoms with Crippen molar-refractivity contribution >= 4 is 0 Å². The molecule has 94 valence electrons. The van der Waals surface area contributed by atoms with Crippen LogP contribution in [-0.4, -0.2) is 9.97 Å². The highest BCUT2D eigenvalue weighted by Gasteiger charge is 2.06. The Kier molecular flexibility index (Phi) is 3.22. The van der Waals surface area contributed by atoms with Gasteiger partial charge in [0.25, 0.3) is 0 Å². The van der Waals surface area contributed by atoms with Crippen LogP contribution in [-0.2, 0) is 0 Å². The van der Waals surface area contributed by atoms with Crippen molar-refractivity contribution in [1.82, 2.24) is 9.97 Å².